The number of allylic oxidation sites excluding steroid dienone is 1. The zero-order chi connectivity index (χ0) is 29.2. The van der Waals surface area contributed by atoms with Crippen LogP contribution in [0.3, 0.4) is 0 Å². The first-order valence-corrected chi connectivity index (χ1v) is 18.6. The van der Waals surface area contributed by atoms with Crippen molar-refractivity contribution in [2.45, 2.75) is 226 Å². The van der Waals surface area contributed by atoms with Gasteiger partial charge in [-0.25, -0.2) is 4.79 Å². The summed E-state index contributed by atoms with van der Waals surface area (Å²) in [5, 5.41) is 8.83. The second kappa shape index (κ2) is 34.4. The van der Waals surface area contributed by atoms with Crippen LogP contribution in [0.15, 0.2) is 11.6 Å². The van der Waals surface area contributed by atoms with Crippen LogP contribution < -0.4 is 0 Å². The van der Waals surface area contributed by atoms with E-state index in [4.69, 9.17) is 5.11 Å². The Morgan fingerprint density at radius 3 is 0.800 bits per heavy atom. The highest BCUT2D eigenvalue weighted by Gasteiger charge is 1.99. The van der Waals surface area contributed by atoms with Crippen LogP contribution in [-0.4, -0.2) is 11.1 Å². The minimum Gasteiger partial charge on any atom is -0.478 e. The molecule has 0 bridgehead atoms. The van der Waals surface area contributed by atoms with Crippen LogP contribution in [0.4, 0.5) is 0 Å². The van der Waals surface area contributed by atoms with Crippen LogP contribution in [-0.2, 0) is 4.79 Å². The number of hydrogen-bond acceptors (Lipinski definition) is 1. The predicted molar refractivity (Wildman–Crippen MR) is 179 cm³/mol. The monoisotopic (exact) mass is 563 g/mol. The maximum absolute atomic E-state index is 10.7. The van der Waals surface area contributed by atoms with Crippen LogP contribution in [0.5, 0.6) is 0 Å². The number of carboxylic acid groups (broad SMARTS) is 1. The fraction of sp³-hybridized carbons (Fsp3) is 0.921. The third kappa shape index (κ3) is 33.4. The fourth-order valence-corrected chi connectivity index (χ4v) is 5.93. The van der Waals surface area contributed by atoms with Crippen LogP contribution in [0.25, 0.3) is 0 Å². The topological polar surface area (TPSA) is 37.3 Å². The van der Waals surface area contributed by atoms with E-state index in [-0.39, 0.29) is 0 Å². The Morgan fingerprint density at radius 1 is 0.400 bits per heavy atom. The number of carboxylic acids is 1. The molecule has 2 nitrogen and oxygen atoms in total. The highest BCUT2D eigenvalue weighted by molar-refractivity contribution is 5.85. The zero-order valence-electron chi connectivity index (χ0n) is 27.8. The largest absolute Gasteiger partial charge is 0.478 e. The molecule has 0 saturated carbocycles. The third-order valence-corrected chi connectivity index (χ3v) is 8.85. The molecule has 0 unspecified atom stereocenters. The molecule has 0 atom stereocenters. The Labute approximate surface area is 253 Å². The first-order valence-electron chi connectivity index (χ1n) is 18.6. The van der Waals surface area contributed by atoms with Gasteiger partial charge in [0.15, 0.2) is 0 Å². The smallest absolute Gasteiger partial charge is 0.330 e. The summed E-state index contributed by atoms with van der Waals surface area (Å²) in [5.74, 6) is -0.782. The van der Waals surface area contributed by atoms with Gasteiger partial charge >= 0.3 is 5.97 Å². The summed E-state index contributed by atoms with van der Waals surface area (Å²) in [6, 6.07) is 0. The summed E-state index contributed by atoms with van der Waals surface area (Å²) in [7, 11) is 0. The van der Waals surface area contributed by atoms with Gasteiger partial charge in [0.25, 0.3) is 0 Å². The zero-order valence-corrected chi connectivity index (χ0v) is 27.8. The van der Waals surface area contributed by atoms with Crippen molar-refractivity contribution in [2.75, 3.05) is 0 Å². The summed E-state index contributed by atoms with van der Waals surface area (Å²) in [6.07, 6.45) is 48.6. The van der Waals surface area contributed by atoms with Crippen molar-refractivity contribution in [3.63, 3.8) is 0 Å². The molecule has 2 heteroatoms. The molecule has 0 aromatic heterocycles. The van der Waals surface area contributed by atoms with E-state index >= 15 is 0 Å². The summed E-state index contributed by atoms with van der Waals surface area (Å²) in [6.45, 7) is 3.99. The summed E-state index contributed by atoms with van der Waals surface area (Å²) >= 11 is 0. The van der Waals surface area contributed by atoms with E-state index in [1.54, 1.807) is 6.92 Å². The maximum Gasteiger partial charge on any atom is 0.330 e. The third-order valence-electron chi connectivity index (χ3n) is 8.85. The van der Waals surface area contributed by atoms with Crippen molar-refractivity contribution in [2.24, 2.45) is 0 Å². The van der Waals surface area contributed by atoms with Crippen LogP contribution in [0.2, 0.25) is 0 Å². The molecule has 238 valence electrons. The first kappa shape index (κ1) is 39.2. The van der Waals surface area contributed by atoms with E-state index < -0.39 is 5.97 Å². The molecule has 0 fully saturated rings. The predicted octanol–water partition coefficient (Wildman–Crippen LogP) is 13.9. The minimum absolute atomic E-state index is 0.487. The summed E-state index contributed by atoms with van der Waals surface area (Å²) in [4.78, 5) is 10.7. The molecule has 1 N–H and O–H groups in total. The summed E-state index contributed by atoms with van der Waals surface area (Å²) in [5.41, 5.74) is 0.487. The Kier molecular flexibility index (Phi) is 33.7. The number of hydrogen-bond donors (Lipinski definition) is 1. The molecule has 0 aliphatic carbocycles. The molecule has 0 heterocycles. The number of aliphatic carboxylic acids is 1. The van der Waals surface area contributed by atoms with Crippen LogP contribution in [0, 0.1) is 0 Å². The SMILES string of the molecule is CCCCCCCCCCCCCCCCCCCCCCCCCCCCCCCCCCC=C(C)C(=O)O. The van der Waals surface area contributed by atoms with Crippen molar-refractivity contribution in [3.05, 3.63) is 11.6 Å². The average Bonchev–Trinajstić information content (AvgIpc) is 2.95. The average molecular weight is 563 g/mol. The fourth-order valence-electron chi connectivity index (χ4n) is 5.93. The molecule has 0 aromatic rings. The van der Waals surface area contributed by atoms with Gasteiger partial charge in [0.1, 0.15) is 0 Å². The van der Waals surface area contributed by atoms with Gasteiger partial charge < -0.3 is 5.11 Å². The lowest BCUT2D eigenvalue weighted by molar-refractivity contribution is -0.132. The maximum atomic E-state index is 10.7. The molecule has 0 radical (unpaired) electrons. The van der Waals surface area contributed by atoms with Gasteiger partial charge in [-0.1, -0.05) is 212 Å². The highest BCUT2D eigenvalue weighted by Crippen LogP contribution is 2.17. The van der Waals surface area contributed by atoms with E-state index in [1.807, 2.05) is 6.08 Å². The quantitative estimate of drug-likeness (QED) is 0.0625. The minimum atomic E-state index is -0.782. The first-order chi connectivity index (χ1) is 19.7. The Morgan fingerprint density at radius 2 is 0.600 bits per heavy atom. The van der Waals surface area contributed by atoms with E-state index in [0.29, 0.717) is 5.57 Å². The van der Waals surface area contributed by atoms with Gasteiger partial charge in [-0.05, 0) is 19.8 Å². The van der Waals surface area contributed by atoms with Gasteiger partial charge in [0.05, 0.1) is 0 Å². The molecular formula is C38H74O2. The Hall–Kier alpha value is -0.790. The van der Waals surface area contributed by atoms with Crippen LogP contribution >= 0.6 is 0 Å². The second-order valence-electron chi connectivity index (χ2n) is 12.9. The number of unbranched alkanes of at least 4 members (excludes halogenated alkanes) is 32. The molecule has 0 aliphatic heterocycles. The van der Waals surface area contributed by atoms with E-state index in [1.165, 1.54) is 199 Å². The van der Waals surface area contributed by atoms with Gasteiger partial charge in [0.2, 0.25) is 0 Å². The Bertz CT molecular complexity index is 524. The van der Waals surface area contributed by atoms with Crippen LogP contribution in [0.1, 0.15) is 226 Å². The van der Waals surface area contributed by atoms with Crippen molar-refractivity contribution < 1.29 is 9.90 Å². The Balaban J connectivity index is 3.08. The van der Waals surface area contributed by atoms with Crippen molar-refractivity contribution in [3.8, 4) is 0 Å². The normalized spacial score (nSPS) is 11.9. The van der Waals surface area contributed by atoms with Gasteiger partial charge in [-0.3, -0.25) is 0 Å². The standard InChI is InChI=1S/C38H74O2/c1-3-4-5-6-7-8-9-10-11-12-13-14-15-16-17-18-19-20-21-22-23-24-25-26-27-28-29-30-31-32-33-34-35-36-37(2)38(39)40/h36H,3-35H2,1-2H3,(H,39,40). The van der Waals surface area contributed by atoms with Crippen molar-refractivity contribution in [1.29, 1.82) is 0 Å². The lowest BCUT2D eigenvalue weighted by Gasteiger charge is -2.05. The second-order valence-corrected chi connectivity index (χ2v) is 12.9. The van der Waals surface area contributed by atoms with E-state index in [2.05, 4.69) is 6.92 Å². The molecule has 0 aliphatic rings. The summed E-state index contributed by atoms with van der Waals surface area (Å²) < 4.78 is 0. The molecule has 0 amide bonds. The van der Waals surface area contributed by atoms with Gasteiger partial charge in [0, 0.05) is 5.57 Å². The molecule has 0 aromatic carbocycles. The lowest BCUT2D eigenvalue weighted by Crippen LogP contribution is -1.95. The van der Waals surface area contributed by atoms with Crippen molar-refractivity contribution in [1.82, 2.24) is 0 Å². The molecule has 0 spiro atoms. The molecule has 40 heavy (non-hydrogen) atoms. The molecule has 0 rings (SSSR count). The molecule has 0 saturated heterocycles. The number of carbonyl (C=O) groups is 1. The van der Waals surface area contributed by atoms with Gasteiger partial charge in [-0.15, -0.1) is 0 Å². The van der Waals surface area contributed by atoms with E-state index in [0.717, 1.165) is 12.8 Å². The lowest BCUT2D eigenvalue weighted by atomic mass is 10.0. The van der Waals surface area contributed by atoms with Crippen molar-refractivity contribution >= 4 is 5.97 Å². The van der Waals surface area contributed by atoms with E-state index in [9.17, 15) is 4.79 Å². The highest BCUT2D eigenvalue weighted by atomic mass is 16.4. The van der Waals surface area contributed by atoms with Gasteiger partial charge in [-0.2, -0.15) is 0 Å². The number of rotatable bonds is 34. The molecular weight excluding hydrogens is 488 g/mol.